The monoisotopic (exact) mass is 446 g/mol. The van der Waals surface area contributed by atoms with Gasteiger partial charge in [0.15, 0.2) is 5.75 Å². The highest BCUT2D eigenvalue weighted by Crippen LogP contribution is 2.45. The molecule has 0 saturated heterocycles. The molecule has 2 heterocycles. The van der Waals surface area contributed by atoms with E-state index in [0.717, 1.165) is 21.5 Å². The van der Waals surface area contributed by atoms with Gasteiger partial charge in [-0.25, -0.2) is 0 Å². The van der Waals surface area contributed by atoms with Crippen LogP contribution < -0.4 is 15.2 Å². The van der Waals surface area contributed by atoms with Crippen molar-refractivity contribution in [1.29, 1.82) is 10.5 Å². The Kier molecular flexibility index (Phi) is 4.75. The maximum absolute atomic E-state index is 9.80. The predicted octanol–water partition coefficient (Wildman–Crippen LogP) is 4.34. The van der Waals surface area contributed by atoms with Crippen LogP contribution in [-0.4, -0.2) is 11.7 Å². The molecule has 29 heavy (non-hydrogen) atoms. The van der Waals surface area contributed by atoms with Crippen molar-refractivity contribution >= 4 is 15.9 Å². The molecule has 0 aliphatic carbocycles. The summed E-state index contributed by atoms with van der Waals surface area (Å²) in [6.07, 6.45) is 1.70. The Hall–Kier alpha value is -3.68. The topological polar surface area (TPSA) is 97.0 Å². The number of allylic oxidation sites excluding steroid dienone is 1. The fraction of sp³-hybridized carbons (Fsp3) is 0.0909. The Bertz CT molecular complexity index is 1200. The molecule has 0 bridgehead atoms. The maximum atomic E-state index is 9.80. The molecule has 3 aromatic rings. The van der Waals surface area contributed by atoms with Crippen LogP contribution in [0.15, 0.2) is 70.7 Å². The normalized spacial score (nSPS) is 15.1. The van der Waals surface area contributed by atoms with Gasteiger partial charge in [0.2, 0.25) is 5.88 Å². The van der Waals surface area contributed by atoms with Crippen LogP contribution in [0.25, 0.3) is 5.69 Å². The lowest BCUT2D eigenvalue weighted by Crippen LogP contribution is -2.22. The van der Waals surface area contributed by atoms with Gasteiger partial charge in [-0.05, 0) is 42.0 Å². The van der Waals surface area contributed by atoms with Crippen molar-refractivity contribution in [3.8, 4) is 29.3 Å². The molecule has 2 aromatic carbocycles. The van der Waals surface area contributed by atoms with Crippen LogP contribution >= 0.6 is 15.9 Å². The molecule has 7 heteroatoms. The summed E-state index contributed by atoms with van der Waals surface area (Å²) in [6, 6.07) is 19.4. The number of ether oxygens (including phenoxy) is 2. The number of halogens is 1. The molecule has 0 fully saturated rings. The molecule has 142 valence electrons. The highest BCUT2D eigenvalue weighted by atomic mass is 79.9. The van der Waals surface area contributed by atoms with Gasteiger partial charge in [-0.3, -0.25) is 0 Å². The quantitative estimate of drug-likeness (QED) is 0.645. The summed E-state index contributed by atoms with van der Waals surface area (Å²) < 4.78 is 13.8. The molecule has 4 rings (SSSR count). The lowest BCUT2D eigenvalue weighted by molar-refractivity contribution is 0.390. The SMILES string of the molecule is COc1ccc(-n2cc(C#N)c3c2C(c2ccc(Br)cc2)C(C#N)=C(N)O3)cc1. The fourth-order valence-corrected chi connectivity index (χ4v) is 3.73. The first kappa shape index (κ1) is 18.7. The zero-order valence-corrected chi connectivity index (χ0v) is 17.0. The number of rotatable bonds is 3. The number of hydrogen-bond acceptors (Lipinski definition) is 5. The number of benzene rings is 2. The first-order valence-electron chi connectivity index (χ1n) is 8.70. The zero-order chi connectivity index (χ0) is 20.5. The molecule has 1 unspecified atom stereocenters. The Balaban J connectivity index is 1.98. The Morgan fingerprint density at radius 1 is 1.07 bits per heavy atom. The minimum absolute atomic E-state index is 0.0110. The number of nitrogens with two attached hydrogens (primary N) is 1. The number of nitriles is 2. The zero-order valence-electron chi connectivity index (χ0n) is 15.4. The van der Waals surface area contributed by atoms with E-state index in [-0.39, 0.29) is 5.88 Å². The van der Waals surface area contributed by atoms with Gasteiger partial charge in [0.1, 0.15) is 29.0 Å². The van der Waals surface area contributed by atoms with Gasteiger partial charge < -0.3 is 19.8 Å². The van der Waals surface area contributed by atoms with Gasteiger partial charge in [-0.15, -0.1) is 0 Å². The summed E-state index contributed by atoms with van der Waals surface area (Å²) in [5.41, 5.74) is 9.07. The molecule has 1 aromatic heterocycles. The number of fused-ring (bicyclic) bond motifs is 1. The number of nitrogens with zero attached hydrogens (tertiary/aromatic N) is 3. The first-order valence-corrected chi connectivity index (χ1v) is 9.49. The van der Waals surface area contributed by atoms with Gasteiger partial charge in [0, 0.05) is 16.4 Å². The summed E-state index contributed by atoms with van der Waals surface area (Å²) in [6.45, 7) is 0. The van der Waals surface area contributed by atoms with Crippen molar-refractivity contribution in [1.82, 2.24) is 4.57 Å². The molecular weight excluding hydrogens is 432 g/mol. The Labute approximate surface area is 176 Å². The van der Waals surface area contributed by atoms with Crippen molar-refractivity contribution in [3.05, 3.63) is 87.5 Å². The van der Waals surface area contributed by atoms with E-state index in [4.69, 9.17) is 15.2 Å². The predicted molar refractivity (Wildman–Crippen MR) is 110 cm³/mol. The summed E-state index contributed by atoms with van der Waals surface area (Å²) in [5.74, 6) is 0.628. The van der Waals surface area contributed by atoms with E-state index in [1.165, 1.54) is 0 Å². The van der Waals surface area contributed by atoms with Crippen LogP contribution in [-0.2, 0) is 0 Å². The van der Waals surface area contributed by atoms with Crippen LogP contribution in [0.1, 0.15) is 22.7 Å². The molecule has 6 nitrogen and oxygen atoms in total. The van der Waals surface area contributed by atoms with Crippen LogP contribution in [0.4, 0.5) is 0 Å². The molecule has 0 radical (unpaired) electrons. The number of methoxy groups -OCH3 is 1. The van der Waals surface area contributed by atoms with Gasteiger partial charge in [-0.1, -0.05) is 28.1 Å². The van der Waals surface area contributed by atoms with Gasteiger partial charge in [-0.2, -0.15) is 10.5 Å². The van der Waals surface area contributed by atoms with E-state index < -0.39 is 5.92 Å². The minimum Gasteiger partial charge on any atom is -0.497 e. The summed E-state index contributed by atoms with van der Waals surface area (Å²) in [4.78, 5) is 0. The molecule has 0 saturated carbocycles. The minimum atomic E-state index is -0.471. The largest absolute Gasteiger partial charge is 0.497 e. The molecule has 2 N–H and O–H groups in total. The highest BCUT2D eigenvalue weighted by Gasteiger charge is 2.36. The smallest absolute Gasteiger partial charge is 0.205 e. The van der Waals surface area contributed by atoms with Crippen LogP contribution in [0, 0.1) is 22.7 Å². The Morgan fingerprint density at radius 3 is 2.34 bits per heavy atom. The molecule has 0 amide bonds. The van der Waals surface area contributed by atoms with E-state index in [0.29, 0.717) is 22.6 Å². The van der Waals surface area contributed by atoms with E-state index in [1.807, 2.05) is 53.1 Å². The van der Waals surface area contributed by atoms with Crippen molar-refractivity contribution in [2.24, 2.45) is 5.73 Å². The third-order valence-electron chi connectivity index (χ3n) is 4.83. The second kappa shape index (κ2) is 7.38. The lowest BCUT2D eigenvalue weighted by Gasteiger charge is -2.26. The molecule has 1 aliphatic heterocycles. The van der Waals surface area contributed by atoms with E-state index in [9.17, 15) is 10.5 Å². The third kappa shape index (κ3) is 3.12. The number of hydrogen-bond donors (Lipinski definition) is 1. The average molecular weight is 447 g/mol. The molecule has 1 aliphatic rings. The second-order valence-electron chi connectivity index (χ2n) is 6.41. The van der Waals surface area contributed by atoms with Gasteiger partial charge in [0.25, 0.3) is 0 Å². The van der Waals surface area contributed by atoms with Crippen LogP contribution in [0.2, 0.25) is 0 Å². The van der Waals surface area contributed by atoms with Crippen molar-refractivity contribution in [3.63, 3.8) is 0 Å². The third-order valence-corrected chi connectivity index (χ3v) is 5.36. The van der Waals surface area contributed by atoms with Crippen molar-refractivity contribution in [2.45, 2.75) is 5.92 Å². The van der Waals surface area contributed by atoms with Gasteiger partial charge in [0.05, 0.1) is 18.7 Å². The second-order valence-corrected chi connectivity index (χ2v) is 7.33. The van der Waals surface area contributed by atoms with Crippen LogP contribution in [0.3, 0.4) is 0 Å². The van der Waals surface area contributed by atoms with E-state index >= 15 is 0 Å². The van der Waals surface area contributed by atoms with Crippen LogP contribution in [0.5, 0.6) is 11.5 Å². The Morgan fingerprint density at radius 2 is 1.76 bits per heavy atom. The summed E-state index contributed by atoms with van der Waals surface area (Å²) >= 11 is 3.44. The van der Waals surface area contributed by atoms with E-state index in [2.05, 4.69) is 28.1 Å². The average Bonchev–Trinajstić information content (AvgIpc) is 3.11. The number of aromatic nitrogens is 1. The summed E-state index contributed by atoms with van der Waals surface area (Å²) in [5, 5.41) is 19.4. The fourth-order valence-electron chi connectivity index (χ4n) is 3.46. The standard InChI is InChI=1S/C22H15BrN4O2/c1-28-17-8-6-16(7-9-17)27-12-14(10-24)21-20(27)19(18(11-25)22(26)29-21)13-2-4-15(23)5-3-13/h2-9,12,19H,26H2,1H3. The van der Waals surface area contributed by atoms with Gasteiger partial charge >= 0.3 is 0 Å². The van der Waals surface area contributed by atoms with Crippen molar-refractivity contribution in [2.75, 3.05) is 7.11 Å². The maximum Gasteiger partial charge on any atom is 0.205 e. The highest BCUT2D eigenvalue weighted by molar-refractivity contribution is 9.10. The van der Waals surface area contributed by atoms with E-state index in [1.54, 1.807) is 13.3 Å². The first-order chi connectivity index (χ1) is 14.1. The molecular formula is C22H15BrN4O2. The molecule has 0 spiro atoms. The lowest BCUT2D eigenvalue weighted by atomic mass is 9.86. The summed E-state index contributed by atoms with van der Waals surface area (Å²) in [7, 11) is 1.60. The van der Waals surface area contributed by atoms with Crippen molar-refractivity contribution < 1.29 is 9.47 Å². The molecule has 1 atom stereocenters.